The van der Waals surface area contributed by atoms with Crippen LogP contribution >= 0.6 is 0 Å². The number of Topliss-reactive ketones (excluding diaryl/α,β-unsaturated/α-hetero) is 1. The van der Waals surface area contributed by atoms with Crippen LogP contribution in [0.5, 0.6) is 0 Å². The number of ketones is 1. The molecule has 4 nitrogen and oxygen atoms in total. The largest absolute Gasteiger partial charge is 0.388 e. The van der Waals surface area contributed by atoms with E-state index in [9.17, 15) is 4.79 Å². The first-order chi connectivity index (χ1) is 4.76. The summed E-state index contributed by atoms with van der Waals surface area (Å²) in [7, 11) is 2.87. The van der Waals surface area contributed by atoms with Crippen molar-refractivity contribution < 1.29 is 19.4 Å². The number of ether oxygens (including phenoxy) is 2. The average Bonchev–Trinajstić information content (AvgIpc) is 1.99. The summed E-state index contributed by atoms with van der Waals surface area (Å²) in [6.45, 7) is -0.308. The molecule has 0 aliphatic heterocycles. The normalized spacial score (nSPS) is 13.1. The highest BCUT2D eigenvalue weighted by Crippen LogP contribution is 1.91. The van der Waals surface area contributed by atoms with Crippen molar-refractivity contribution in [3.8, 4) is 0 Å². The number of hydrogen-bond donors (Lipinski definition) is 1. The Kier molecular flexibility index (Phi) is 5.10. The molecule has 0 fully saturated rings. The molecule has 0 aliphatic carbocycles. The van der Waals surface area contributed by atoms with Crippen molar-refractivity contribution in [2.45, 2.75) is 6.10 Å². The summed E-state index contributed by atoms with van der Waals surface area (Å²) < 4.78 is 9.37. The van der Waals surface area contributed by atoms with Crippen LogP contribution in [0.2, 0.25) is 0 Å². The van der Waals surface area contributed by atoms with Crippen molar-refractivity contribution >= 4 is 5.78 Å². The Morgan fingerprint density at radius 1 is 1.60 bits per heavy atom. The lowest BCUT2D eigenvalue weighted by Gasteiger charge is -2.10. The second-order valence-electron chi connectivity index (χ2n) is 1.80. The zero-order valence-corrected chi connectivity index (χ0v) is 6.16. The van der Waals surface area contributed by atoms with Crippen molar-refractivity contribution in [2.75, 3.05) is 27.4 Å². The molecule has 60 valence electrons. The number of hydrogen-bond acceptors (Lipinski definition) is 4. The van der Waals surface area contributed by atoms with Gasteiger partial charge >= 0.3 is 0 Å². The molecule has 0 saturated heterocycles. The van der Waals surface area contributed by atoms with Gasteiger partial charge < -0.3 is 14.6 Å². The molecule has 1 unspecified atom stereocenters. The molecular formula is C6H12O4. The smallest absolute Gasteiger partial charge is 0.189 e. The summed E-state index contributed by atoms with van der Waals surface area (Å²) in [6, 6.07) is 0. The van der Waals surface area contributed by atoms with Crippen molar-refractivity contribution in [3.05, 3.63) is 0 Å². The van der Waals surface area contributed by atoms with Crippen LogP contribution in [0, 0.1) is 0 Å². The molecule has 0 aromatic heterocycles. The Morgan fingerprint density at radius 2 is 2.20 bits per heavy atom. The maximum Gasteiger partial charge on any atom is 0.189 e. The number of aliphatic hydroxyl groups excluding tert-OH is 1. The van der Waals surface area contributed by atoms with Gasteiger partial charge in [0.1, 0.15) is 12.7 Å². The molecule has 0 aromatic rings. The van der Waals surface area contributed by atoms with Crippen LogP contribution in [0.1, 0.15) is 0 Å². The summed E-state index contributed by atoms with van der Waals surface area (Å²) in [6.07, 6.45) is -0.630. The molecule has 1 N–H and O–H groups in total. The molecule has 0 radical (unpaired) electrons. The van der Waals surface area contributed by atoms with E-state index in [1.165, 1.54) is 14.2 Å². The Morgan fingerprint density at radius 3 is 2.50 bits per heavy atom. The third-order valence-electron chi connectivity index (χ3n) is 1.12. The number of carbonyl (C=O) groups is 1. The van der Waals surface area contributed by atoms with Crippen LogP contribution in [0.4, 0.5) is 0 Å². The maximum atomic E-state index is 10.7. The number of rotatable bonds is 5. The predicted octanol–water partition coefficient (Wildman–Crippen LogP) is -0.791. The molecule has 0 heterocycles. The fourth-order valence-electron chi connectivity index (χ4n) is 0.546. The predicted molar refractivity (Wildman–Crippen MR) is 34.8 cm³/mol. The van der Waals surface area contributed by atoms with Crippen molar-refractivity contribution in [3.63, 3.8) is 0 Å². The van der Waals surface area contributed by atoms with Gasteiger partial charge in [0.05, 0.1) is 6.61 Å². The third-order valence-corrected chi connectivity index (χ3v) is 1.12. The Bertz CT molecular complexity index is 102. The highest BCUT2D eigenvalue weighted by Gasteiger charge is 2.15. The minimum Gasteiger partial charge on any atom is -0.388 e. The van der Waals surface area contributed by atoms with Gasteiger partial charge in [-0.15, -0.1) is 0 Å². The van der Waals surface area contributed by atoms with Gasteiger partial charge in [-0.2, -0.15) is 0 Å². The van der Waals surface area contributed by atoms with Crippen LogP contribution in [-0.2, 0) is 14.3 Å². The van der Waals surface area contributed by atoms with Crippen LogP contribution in [0.15, 0.2) is 0 Å². The molecule has 0 aliphatic rings. The quantitative estimate of drug-likeness (QED) is 0.555. The zero-order chi connectivity index (χ0) is 7.98. The second kappa shape index (κ2) is 5.34. The number of carbonyl (C=O) groups excluding carboxylic acids is 1. The molecule has 0 bridgehead atoms. The molecule has 1 atom stereocenters. The number of aliphatic hydroxyl groups is 1. The van der Waals surface area contributed by atoms with Crippen LogP contribution < -0.4 is 0 Å². The standard InChI is InChI=1S/C6H12O4/c1-9-4-6(10-2)5(8)3-7/h6-7H,3-4H2,1-2H3. The lowest BCUT2D eigenvalue weighted by molar-refractivity contribution is -0.134. The fourth-order valence-corrected chi connectivity index (χ4v) is 0.546. The molecule has 0 aromatic carbocycles. The maximum absolute atomic E-state index is 10.7. The van der Waals surface area contributed by atoms with Gasteiger partial charge in [-0.05, 0) is 0 Å². The summed E-state index contributed by atoms with van der Waals surface area (Å²) >= 11 is 0. The van der Waals surface area contributed by atoms with Gasteiger partial charge in [-0.3, -0.25) is 4.79 Å². The van der Waals surface area contributed by atoms with E-state index in [0.29, 0.717) is 0 Å². The Hall–Kier alpha value is -0.450. The minimum absolute atomic E-state index is 0.190. The summed E-state index contributed by atoms with van der Waals surface area (Å²) in [5.74, 6) is -0.357. The van der Waals surface area contributed by atoms with E-state index in [4.69, 9.17) is 9.84 Å². The molecule has 10 heavy (non-hydrogen) atoms. The SMILES string of the molecule is COCC(OC)C(=O)CO. The van der Waals surface area contributed by atoms with Crippen LogP contribution in [-0.4, -0.2) is 44.4 Å². The lowest BCUT2D eigenvalue weighted by Crippen LogP contribution is -2.30. The van der Waals surface area contributed by atoms with E-state index in [0.717, 1.165) is 0 Å². The van der Waals surface area contributed by atoms with E-state index >= 15 is 0 Å². The molecule has 0 rings (SSSR count). The average molecular weight is 148 g/mol. The van der Waals surface area contributed by atoms with Crippen LogP contribution in [0.3, 0.4) is 0 Å². The van der Waals surface area contributed by atoms with Crippen molar-refractivity contribution in [2.24, 2.45) is 0 Å². The molecule has 0 amide bonds. The van der Waals surface area contributed by atoms with Gasteiger partial charge in [0.2, 0.25) is 0 Å². The van der Waals surface area contributed by atoms with E-state index in [2.05, 4.69) is 4.74 Å². The first-order valence-corrected chi connectivity index (χ1v) is 2.91. The molecule has 0 saturated carbocycles. The van der Waals surface area contributed by atoms with Crippen molar-refractivity contribution in [1.82, 2.24) is 0 Å². The molecular weight excluding hydrogens is 136 g/mol. The third kappa shape index (κ3) is 2.91. The first-order valence-electron chi connectivity index (χ1n) is 2.91. The fraction of sp³-hybridized carbons (Fsp3) is 0.833. The highest BCUT2D eigenvalue weighted by molar-refractivity contribution is 5.84. The highest BCUT2D eigenvalue weighted by atomic mass is 16.5. The lowest BCUT2D eigenvalue weighted by atomic mass is 10.2. The first kappa shape index (κ1) is 9.55. The Balaban J connectivity index is 3.68. The van der Waals surface area contributed by atoms with Gasteiger partial charge in [0, 0.05) is 14.2 Å². The zero-order valence-electron chi connectivity index (χ0n) is 6.16. The van der Waals surface area contributed by atoms with E-state index in [1.807, 2.05) is 0 Å². The van der Waals surface area contributed by atoms with Gasteiger partial charge in [-0.25, -0.2) is 0 Å². The second-order valence-corrected chi connectivity index (χ2v) is 1.80. The van der Waals surface area contributed by atoms with Crippen LogP contribution in [0.25, 0.3) is 0 Å². The summed E-state index contributed by atoms with van der Waals surface area (Å²) in [5.41, 5.74) is 0. The van der Waals surface area contributed by atoms with Crippen molar-refractivity contribution in [1.29, 1.82) is 0 Å². The molecule has 4 heteroatoms. The summed E-state index contributed by atoms with van der Waals surface area (Å²) in [4.78, 5) is 10.7. The monoisotopic (exact) mass is 148 g/mol. The van der Waals surface area contributed by atoms with E-state index < -0.39 is 12.7 Å². The van der Waals surface area contributed by atoms with Gasteiger partial charge in [0.15, 0.2) is 5.78 Å². The van der Waals surface area contributed by atoms with E-state index in [1.54, 1.807) is 0 Å². The molecule has 0 spiro atoms. The topological polar surface area (TPSA) is 55.8 Å². The van der Waals surface area contributed by atoms with Gasteiger partial charge in [-0.1, -0.05) is 0 Å². The summed E-state index contributed by atoms with van der Waals surface area (Å²) in [5, 5.41) is 8.38. The van der Waals surface area contributed by atoms with Gasteiger partial charge in [0.25, 0.3) is 0 Å². The minimum atomic E-state index is -0.630. The Labute approximate surface area is 59.7 Å². The number of methoxy groups -OCH3 is 2. The van der Waals surface area contributed by atoms with E-state index in [-0.39, 0.29) is 12.4 Å².